The molecule has 1 aliphatic rings. The molecule has 1 aromatic carbocycles. The second-order valence-electron chi connectivity index (χ2n) is 3.27. The first-order chi connectivity index (χ1) is 5.81. The van der Waals surface area contributed by atoms with Crippen molar-refractivity contribution in [1.29, 1.82) is 0 Å². The Hall–Kier alpha value is -1.18. The third-order valence-corrected chi connectivity index (χ3v) is 2.50. The van der Waals surface area contributed by atoms with Gasteiger partial charge in [-0.25, -0.2) is 0 Å². The SMILES string of the molecule is CNc1ccc2c(c1)N(C)CC2. The lowest BCUT2D eigenvalue weighted by molar-refractivity contribution is 0.956. The van der Waals surface area contributed by atoms with E-state index in [1.54, 1.807) is 0 Å². The molecule has 0 aromatic heterocycles. The van der Waals surface area contributed by atoms with E-state index in [0.29, 0.717) is 0 Å². The lowest BCUT2D eigenvalue weighted by Crippen LogP contribution is -2.12. The molecular formula is C10H14N2. The van der Waals surface area contributed by atoms with Crippen LogP contribution in [0.1, 0.15) is 5.56 Å². The first kappa shape index (κ1) is 7.47. The fourth-order valence-electron chi connectivity index (χ4n) is 1.69. The van der Waals surface area contributed by atoms with Gasteiger partial charge in [-0.05, 0) is 24.1 Å². The summed E-state index contributed by atoms with van der Waals surface area (Å²) in [5.74, 6) is 0. The van der Waals surface area contributed by atoms with Crippen molar-refractivity contribution in [3.63, 3.8) is 0 Å². The zero-order valence-electron chi connectivity index (χ0n) is 7.59. The molecule has 0 saturated heterocycles. The van der Waals surface area contributed by atoms with Crippen molar-refractivity contribution in [2.75, 3.05) is 30.9 Å². The lowest BCUT2D eigenvalue weighted by Gasteiger charge is -2.12. The zero-order valence-corrected chi connectivity index (χ0v) is 7.59. The highest BCUT2D eigenvalue weighted by molar-refractivity contribution is 5.64. The van der Waals surface area contributed by atoms with Crippen molar-refractivity contribution < 1.29 is 0 Å². The minimum Gasteiger partial charge on any atom is -0.388 e. The number of anilines is 2. The van der Waals surface area contributed by atoms with E-state index in [-0.39, 0.29) is 0 Å². The van der Waals surface area contributed by atoms with E-state index < -0.39 is 0 Å². The standard InChI is InChI=1S/C10H14N2/c1-11-9-4-3-8-5-6-12(2)10(8)7-9/h3-4,7,11H,5-6H2,1-2H3. The number of benzene rings is 1. The molecule has 0 amide bonds. The van der Waals surface area contributed by atoms with E-state index in [1.165, 1.54) is 23.4 Å². The third kappa shape index (κ3) is 1.04. The van der Waals surface area contributed by atoms with Crippen LogP contribution in [0.3, 0.4) is 0 Å². The predicted octanol–water partition coefficient (Wildman–Crippen LogP) is 1.72. The van der Waals surface area contributed by atoms with Crippen LogP contribution in [0.2, 0.25) is 0 Å². The maximum atomic E-state index is 3.15. The summed E-state index contributed by atoms with van der Waals surface area (Å²) in [7, 11) is 4.10. The van der Waals surface area contributed by atoms with Crippen molar-refractivity contribution in [2.45, 2.75) is 6.42 Å². The van der Waals surface area contributed by atoms with Crippen LogP contribution in [0.4, 0.5) is 11.4 Å². The molecule has 12 heavy (non-hydrogen) atoms. The van der Waals surface area contributed by atoms with E-state index in [0.717, 1.165) is 6.54 Å². The molecule has 2 nitrogen and oxygen atoms in total. The van der Waals surface area contributed by atoms with Gasteiger partial charge in [0.1, 0.15) is 0 Å². The van der Waals surface area contributed by atoms with Gasteiger partial charge in [-0.2, -0.15) is 0 Å². The third-order valence-electron chi connectivity index (χ3n) is 2.50. The maximum Gasteiger partial charge on any atom is 0.0417 e. The van der Waals surface area contributed by atoms with Crippen LogP contribution >= 0.6 is 0 Å². The van der Waals surface area contributed by atoms with Crippen LogP contribution in [-0.4, -0.2) is 20.6 Å². The molecule has 0 fully saturated rings. The molecule has 1 heterocycles. The Kier molecular flexibility index (Phi) is 1.68. The first-order valence-electron chi connectivity index (χ1n) is 4.33. The zero-order chi connectivity index (χ0) is 8.55. The molecule has 0 radical (unpaired) electrons. The molecule has 1 N–H and O–H groups in total. The Bertz CT molecular complexity index is 294. The van der Waals surface area contributed by atoms with Gasteiger partial charge < -0.3 is 10.2 Å². The average molecular weight is 162 g/mol. The Morgan fingerprint density at radius 1 is 1.42 bits per heavy atom. The second-order valence-corrected chi connectivity index (χ2v) is 3.27. The summed E-state index contributed by atoms with van der Waals surface area (Å²) in [5, 5.41) is 3.15. The summed E-state index contributed by atoms with van der Waals surface area (Å²) in [6.45, 7) is 1.16. The monoisotopic (exact) mass is 162 g/mol. The molecule has 0 unspecified atom stereocenters. The predicted molar refractivity (Wildman–Crippen MR) is 53.0 cm³/mol. The molecular weight excluding hydrogens is 148 g/mol. The number of nitrogens with one attached hydrogen (secondary N) is 1. The molecule has 2 rings (SSSR count). The summed E-state index contributed by atoms with van der Waals surface area (Å²) < 4.78 is 0. The summed E-state index contributed by atoms with van der Waals surface area (Å²) in [6.07, 6.45) is 1.19. The molecule has 0 saturated carbocycles. The van der Waals surface area contributed by atoms with E-state index in [2.05, 4.69) is 35.5 Å². The van der Waals surface area contributed by atoms with Crippen LogP contribution in [0.25, 0.3) is 0 Å². The fraction of sp³-hybridized carbons (Fsp3) is 0.400. The van der Waals surface area contributed by atoms with Gasteiger partial charge in [0.25, 0.3) is 0 Å². The van der Waals surface area contributed by atoms with Gasteiger partial charge in [0.15, 0.2) is 0 Å². The van der Waals surface area contributed by atoms with Gasteiger partial charge in [0, 0.05) is 32.0 Å². The van der Waals surface area contributed by atoms with Gasteiger partial charge in [-0.15, -0.1) is 0 Å². The number of fused-ring (bicyclic) bond motifs is 1. The number of nitrogens with zero attached hydrogens (tertiary/aromatic N) is 1. The van der Waals surface area contributed by atoms with Crippen molar-refractivity contribution in [2.24, 2.45) is 0 Å². The Morgan fingerprint density at radius 2 is 2.25 bits per heavy atom. The molecule has 0 bridgehead atoms. The van der Waals surface area contributed by atoms with E-state index >= 15 is 0 Å². The minimum absolute atomic E-state index is 1.16. The maximum absolute atomic E-state index is 3.15. The Balaban J connectivity index is 2.43. The number of hydrogen-bond donors (Lipinski definition) is 1. The Morgan fingerprint density at radius 3 is 3.00 bits per heavy atom. The van der Waals surface area contributed by atoms with Gasteiger partial charge >= 0.3 is 0 Å². The Labute approximate surface area is 73.2 Å². The van der Waals surface area contributed by atoms with E-state index in [4.69, 9.17) is 0 Å². The molecule has 0 spiro atoms. The largest absolute Gasteiger partial charge is 0.388 e. The number of hydrogen-bond acceptors (Lipinski definition) is 2. The van der Waals surface area contributed by atoms with Gasteiger partial charge in [-0.3, -0.25) is 0 Å². The lowest BCUT2D eigenvalue weighted by atomic mass is 10.1. The van der Waals surface area contributed by atoms with Crippen molar-refractivity contribution in [3.05, 3.63) is 23.8 Å². The minimum atomic E-state index is 1.16. The topological polar surface area (TPSA) is 15.3 Å². The molecule has 0 aliphatic carbocycles. The van der Waals surface area contributed by atoms with Crippen molar-refractivity contribution in [3.8, 4) is 0 Å². The highest BCUT2D eigenvalue weighted by Gasteiger charge is 2.14. The van der Waals surface area contributed by atoms with Crippen LogP contribution < -0.4 is 10.2 Å². The second kappa shape index (κ2) is 2.70. The van der Waals surface area contributed by atoms with E-state index in [1.807, 2.05) is 7.05 Å². The molecule has 1 aliphatic heterocycles. The van der Waals surface area contributed by atoms with Gasteiger partial charge in [0.05, 0.1) is 0 Å². The number of likely N-dealkylation sites (N-methyl/N-ethyl adjacent to an activating group) is 1. The summed E-state index contributed by atoms with van der Waals surface area (Å²) in [5.41, 5.74) is 4.04. The summed E-state index contributed by atoms with van der Waals surface area (Å²) >= 11 is 0. The van der Waals surface area contributed by atoms with Crippen LogP contribution in [-0.2, 0) is 6.42 Å². The van der Waals surface area contributed by atoms with E-state index in [9.17, 15) is 0 Å². The molecule has 64 valence electrons. The number of rotatable bonds is 1. The van der Waals surface area contributed by atoms with Crippen molar-refractivity contribution in [1.82, 2.24) is 0 Å². The molecule has 1 aromatic rings. The average Bonchev–Trinajstić information content (AvgIpc) is 2.47. The van der Waals surface area contributed by atoms with Gasteiger partial charge in [0.2, 0.25) is 0 Å². The highest BCUT2D eigenvalue weighted by atomic mass is 15.1. The van der Waals surface area contributed by atoms with Crippen molar-refractivity contribution >= 4 is 11.4 Å². The van der Waals surface area contributed by atoms with Crippen LogP contribution in [0.15, 0.2) is 18.2 Å². The summed E-state index contributed by atoms with van der Waals surface area (Å²) in [4.78, 5) is 2.30. The molecule has 0 atom stereocenters. The van der Waals surface area contributed by atoms with Crippen LogP contribution in [0, 0.1) is 0 Å². The highest BCUT2D eigenvalue weighted by Crippen LogP contribution is 2.29. The fourth-order valence-corrected chi connectivity index (χ4v) is 1.69. The smallest absolute Gasteiger partial charge is 0.0417 e. The van der Waals surface area contributed by atoms with Gasteiger partial charge in [-0.1, -0.05) is 6.07 Å². The quantitative estimate of drug-likeness (QED) is 0.676. The summed E-state index contributed by atoms with van der Waals surface area (Å²) in [6, 6.07) is 6.56. The normalized spacial score (nSPS) is 14.7. The first-order valence-corrected chi connectivity index (χ1v) is 4.33. The van der Waals surface area contributed by atoms with Crippen LogP contribution in [0.5, 0.6) is 0 Å². The molecule has 2 heteroatoms.